The number of hydrogen-bond acceptors (Lipinski definition) is 3. The average Bonchev–Trinajstić information content (AvgIpc) is 3.08. The second-order valence-electron chi connectivity index (χ2n) is 6.77. The van der Waals surface area contributed by atoms with Gasteiger partial charge in [0, 0.05) is 18.8 Å². The molecule has 3 rings (SSSR count). The molecule has 130 valence electrons. The molecule has 2 atom stereocenters. The number of carboxylic acid groups (broad SMARTS) is 1. The highest BCUT2D eigenvalue weighted by molar-refractivity contribution is 5.91. The SMILES string of the molecule is CCOc1ccc(NC(=O)N2C[C@@H]3CCC[C@@]3(C(=O)O)C2)c(C)c1. The topological polar surface area (TPSA) is 78.9 Å². The fourth-order valence-electron chi connectivity index (χ4n) is 4.02. The molecule has 0 aromatic heterocycles. The summed E-state index contributed by atoms with van der Waals surface area (Å²) in [5.41, 5.74) is 0.900. The van der Waals surface area contributed by atoms with Gasteiger partial charge in [0.15, 0.2) is 0 Å². The zero-order valence-corrected chi connectivity index (χ0v) is 14.2. The summed E-state index contributed by atoms with van der Waals surface area (Å²) >= 11 is 0. The van der Waals surface area contributed by atoms with Crippen LogP contribution in [0.15, 0.2) is 18.2 Å². The summed E-state index contributed by atoms with van der Waals surface area (Å²) in [5.74, 6) is 0.0771. The van der Waals surface area contributed by atoms with Gasteiger partial charge in [-0.05, 0) is 56.4 Å². The van der Waals surface area contributed by atoms with Crippen molar-refractivity contribution in [1.29, 1.82) is 0 Å². The van der Waals surface area contributed by atoms with Crippen molar-refractivity contribution >= 4 is 17.7 Å². The maximum Gasteiger partial charge on any atom is 0.321 e. The highest BCUT2D eigenvalue weighted by atomic mass is 16.5. The third-order valence-electron chi connectivity index (χ3n) is 5.33. The Morgan fingerprint density at radius 1 is 1.46 bits per heavy atom. The minimum absolute atomic E-state index is 0.0715. The standard InChI is InChI=1S/C18H24N2O4/c1-3-24-14-6-7-15(12(2)9-14)19-17(23)20-10-13-5-4-8-18(13,11-20)16(21)22/h6-7,9,13H,3-5,8,10-11H2,1-2H3,(H,19,23)(H,21,22)/t13-,18+/m0/s1. The first-order valence-corrected chi connectivity index (χ1v) is 8.49. The maximum atomic E-state index is 12.6. The molecule has 0 radical (unpaired) electrons. The van der Waals surface area contributed by atoms with Crippen molar-refractivity contribution in [3.8, 4) is 5.75 Å². The lowest BCUT2D eigenvalue weighted by molar-refractivity contribution is -0.149. The van der Waals surface area contributed by atoms with E-state index in [9.17, 15) is 14.7 Å². The van der Waals surface area contributed by atoms with Crippen LogP contribution in [-0.4, -0.2) is 41.7 Å². The molecule has 1 aromatic rings. The number of aryl methyl sites for hydroxylation is 1. The van der Waals surface area contributed by atoms with Crippen LogP contribution in [0.5, 0.6) is 5.75 Å². The summed E-state index contributed by atoms with van der Waals surface area (Å²) in [6, 6.07) is 5.31. The number of aliphatic carboxylic acids is 1. The lowest BCUT2D eigenvalue weighted by Crippen LogP contribution is -2.38. The Morgan fingerprint density at radius 2 is 2.25 bits per heavy atom. The third-order valence-corrected chi connectivity index (χ3v) is 5.33. The highest BCUT2D eigenvalue weighted by Crippen LogP contribution is 2.48. The molecule has 0 spiro atoms. The van der Waals surface area contributed by atoms with Crippen LogP contribution < -0.4 is 10.1 Å². The van der Waals surface area contributed by atoms with E-state index in [0.717, 1.165) is 29.8 Å². The number of hydrogen-bond donors (Lipinski definition) is 2. The minimum Gasteiger partial charge on any atom is -0.494 e. The van der Waals surface area contributed by atoms with Crippen LogP contribution in [0.1, 0.15) is 31.7 Å². The monoisotopic (exact) mass is 332 g/mol. The summed E-state index contributed by atoms with van der Waals surface area (Å²) in [6.07, 6.45) is 2.49. The Kier molecular flexibility index (Phi) is 4.39. The Morgan fingerprint density at radius 3 is 2.88 bits per heavy atom. The van der Waals surface area contributed by atoms with Gasteiger partial charge in [-0.1, -0.05) is 6.42 Å². The molecule has 1 aliphatic carbocycles. The average molecular weight is 332 g/mol. The van der Waals surface area contributed by atoms with Crippen LogP contribution in [0, 0.1) is 18.3 Å². The van der Waals surface area contributed by atoms with E-state index in [2.05, 4.69) is 5.32 Å². The lowest BCUT2D eigenvalue weighted by atomic mass is 9.81. The molecule has 1 saturated heterocycles. The van der Waals surface area contributed by atoms with Crippen LogP contribution in [0.3, 0.4) is 0 Å². The molecule has 1 aliphatic heterocycles. The van der Waals surface area contributed by atoms with E-state index in [1.54, 1.807) is 4.90 Å². The van der Waals surface area contributed by atoms with Crippen LogP contribution in [0.2, 0.25) is 0 Å². The smallest absolute Gasteiger partial charge is 0.321 e. The zero-order chi connectivity index (χ0) is 17.3. The van der Waals surface area contributed by atoms with Gasteiger partial charge >= 0.3 is 12.0 Å². The molecule has 1 heterocycles. The second-order valence-corrected chi connectivity index (χ2v) is 6.77. The van der Waals surface area contributed by atoms with Crippen molar-refractivity contribution in [2.75, 3.05) is 25.0 Å². The first kappa shape index (κ1) is 16.6. The number of ether oxygens (including phenoxy) is 1. The quantitative estimate of drug-likeness (QED) is 0.888. The van der Waals surface area contributed by atoms with Crippen molar-refractivity contribution in [1.82, 2.24) is 4.90 Å². The molecule has 24 heavy (non-hydrogen) atoms. The number of amides is 2. The van der Waals surface area contributed by atoms with Gasteiger partial charge in [-0.25, -0.2) is 4.79 Å². The van der Waals surface area contributed by atoms with Gasteiger partial charge in [-0.2, -0.15) is 0 Å². The fourth-order valence-corrected chi connectivity index (χ4v) is 4.02. The van der Waals surface area contributed by atoms with Gasteiger partial charge in [-0.15, -0.1) is 0 Å². The Balaban J connectivity index is 1.69. The summed E-state index contributed by atoms with van der Waals surface area (Å²) in [6.45, 7) is 5.25. The Hall–Kier alpha value is -2.24. The van der Waals surface area contributed by atoms with Gasteiger partial charge in [0.25, 0.3) is 0 Å². The molecule has 2 N–H and O–H groups in total. The van der Waals surface area contributed by atoms with E-state index in [1.165, 1.54) is 0 Å². The molecular formula is C18H24N2O4. The number of fused-ring (bicyclic) bond motifs is 1. The van der Waals surface area contributed by atoms with Gasteiger partial charge in [0.1, 0.15) is 5.75 Å². The van der Waals surface area contributed by atoms with Gasteiger partial charge in [0.05, 0.1) is 12.0 Å². The molecule has 2 aliphatic rings. The minimum atomic E-state index is -0.766. The number of carbonyl (C=O) groups is 2. The van der Waals surface area contributed by atoms with E-state index in [1.807, 2.05) is 32.0 Å². The van der Waals surface area contributed by atoms with Crippen molar-refractivity contribution in [2.45, 2.75) is 33.1 Å². The van der Waals surface area contributed by atoms with E-state index >= 15 is 0 Å². The van der Waals surface area contributed by atoms with Crippen LogP contribution in [-0.2, 0) is 4.79 Å². The summed E-state index contributed by atoms with van der Waals surface area (Å²) < 4.78 is 5.45. The Labute approximate surface area is 141 Å². The molecule has 2 amide bonds. The van der Waals surface area contributed by atoms with E-state index < -0.39 is 11.4 Å². The first-order valence-electron chi connectivity index (χ1n) is 8.49. The molecule has 6 nitrogen and oxygen atoms in total. The molecular weight excluding hydrogens is 308 g/mol. The summed E-state index contributed by atoms with van der Waals surface area (Å²) in [4.78, 5) is 25.9. The molecule has 6 heteroatoms. The van der Waals surface area contributed by atoms with Crippen LogP contribution in [0.4, 0.5) is 10.5 Å². The third kappa shape index (κ3) is 2.81. The first-order chi connectivity index (χ1) is 11.5. The maximum absolute atomic E-state index is 12.6. The summed E-state index contributed by atoms with van der Waals surface area (Å²) in [7, 11) is 0. The molecule has 2 fully saturated rings. The number of urea groups is 1. The number of nitrogens with zero attached hydrogens (tertiary/aromatic N) is 1. The van der Waals surface area contributed by atoms with Crippen molar-refractivity contribution in [3.05, 3.63) is 23.8 Å². The van der Waals surface area contributed by atoms with Crippen molar-refractivity contribution in [3.63, 3.8) is 0 Å². The largest absolute Gasteiger partial charge is 0.494 e. The molecule has 0 unspecified atom stereocenters. The van der Waals surface area contributed by atoms with Gasteiger partial charge in [0.2, 0.25) is 0 Å². The van der Waals surface area contributed by atoms with Crippen molar-refractivity contribution < 1.29 is 19.4 Å². The van der Waals surface area contributed by atoms with Gasteiger partial charge < -0.3 is 20.1 Å². The van der Waals surface area contributed by atoms with Crippen molar-refractivity contribution in [2.24, 2.45) is 11.3 Å². The molecule has 1 aromatic carbocycles. The van der Waals surface area contributed by atoms with E-state index in [0.29, 0.717) is 26.1 Å². The summed E-state index contributed by atoms with van der Waals surface area (Å²) in [5, 5.41) is 12.5. The zero-order valence-electron chi connectivity index (χ0n) is 14.2. The number of rotatable bonds is 4. The number of carbonyl (C=O) groups excluding carboxylic acids is 1. The number of nitrogens with one attached hydrogen (secondary N) is 1. The number of likely N-dealkylation sites (tertiary alicyclic amines) is 1. The number of benzene rings is 1. The number of anilines is 1. The van der Waals surface area contributed by atoms with E-state index in [4.69, 9.17) is 4.74 Å². The predicted octanol–water partition coefficient (Wildman–Crippen LogP) is 3.11. The van der Waals surface area contributed by atoms with Gasteiger partial charge in [-0.3, -0.25) is 4.79 Å². The predicted molar refractivity (Wildman–Crippen MR) is 90.3 cm³/mol. The number of carboxylic acids is 1. The van der Waals surface area contributed by atoms with E-state index in [-0.39, 0.29) is 11.9 Å². The highest BCUT2D eigenvalue weighted by Gasteiger charge is 2.55. The lowest BCUT2D eigenvalue weighted by Gasteiger charge is -2.23. The fraction of sp³-hybridized carbons (Fsp3) is 0.556. The van der Waals surface area contributed by atoms with Crippen LogP contribution >= 0.6 is 0 Å². The molecule has 0 bridgehead atoms. The van der Waals surface area contributed by atoms with Crippen LogP contribution in [0.25, 0.3) is 0 Å². The normalized spacial score (nSPS) is 25.4. The molecule has 1 saturated carbocycles. The Bertz CT molecular complexity index is 660. The second kappa shape index (κ2) is 6.34.